The van der Waals surface area contributed by atoms with E-state index in [0.29, 0.717) is 21.7 Å². The number of imidazole rings is 1. The Morgan fingerprint density at radius 3 is 2.87 bits per heavy atom. The Balaban J connectivity index is 1.48. The van der Waals surface area contributed by atoms with E-state index in [1.165, 1.54) is 11.8 Å². The molecule has 0 bridgehead atoms. The summed E-state index contributed by atoms with van der Waals surface area (Å²) in [6.45, 7) is 0. The SMILES string of the molecule is Clc1ccc(-c2nc(SCc3cn4cccnc4n3)n[nH]2)cc1. The maximum absolute atomic E-state index is 5.89. The molecule has 114 valence electrons. The number of rotatable bonds is 4. The van der Waals surface area contributed by atoms with E-state index < -0.39 is 0 Å². The minimum atomic E-state index is 0.681. The fourth-order valence-corrected chi connectivity index (χ4v) is 2.94. The first-order chi connectivity index (χ1) is 11.3. The third-order valence-electron chi connectivity index (χ3n) is 3.22. The van der Waals surface area contributed by atoms with E-state index in [0.717, 1.165) is 17.1 Å². The average Bonchev–Trinajstić information content (AvgIpc) is 3.20. The van der Waals surface area contributed by atoms with Gasteiger partial charge in [-0.05, 0) is 30.3 Å². The normalized spacial score (nSPS) is 11.2. The minimum Gasteiger partial charge on any atom is -0.291 e. The predicted molar refractivity (Wildman–Crippen MR) is 89.4 cm³/mol. The summed E-state index contributed by atoms with van der Waals surface area (Å²) in [5.74, 6) is 2.10. The van der Waals surface area contributed by atoms with Crippen LogP contribution in [-0.2, 0) is 5.75 Å². The molecule has 6 nitrogen and oxygen atoms in total. The third-order valence-corrected chi connectivity index (χ3v) is 4.35. The lowest BCUT2D eigenvalue weighted by atomic mass is 10.2. The molecule has 4 aromatic rings. The number of halogens is 1. The number of nitrogens with zero attached hydrogens (tertiary/aromatic N) is 5. The van der Waals surface area contributed by atoms with Gasteiger partial charge in [-0.3, -0.25) is 9.50 Å². The lowest BCUT2D eigenvalue weighted by molar-refractivity contribution is 0.972. The van der Waals surface area contributed by atoms with Gasteiger partial charge >= 0.3 is 0 Å². The standard InChI is InChI=1S/C15H11ClN6S/c16-11-4-2-10(3-5-11)13-19-15(21-20-13)23-9-12-8-22-7-1-6-17-14(22)18-12/h1-8H,9H2,(H,19,20,21). The molecule has 0 radical (unpaired) electrons. The monoisotopic (exact) mass is 342 g/mol. The Labute approximate surface area is 141 Å². The highest BCUT2D eigenvalue weighted by molar-refractivity contribution is 7.98. The zero-order valence-corrected chi connectivity index (χ0v) is 13.4. The Morgan fingerprint density at radius 2 is 2.04 bits per heavy atom. The van der Waals surface area contributed by atoms with Crippen LogP contribution >= 0.6 is 23.4 Å². The molecular formula is C15H11ClN6S. The lowest BCUT2D eigenvalue weighted by Gasteiger charge is -1.95. The molecule has 0 aliphatic heterocycles. The van der Waals surface area contributed by atoms with Crippen molar-refractivity contribution in [2.24, 2.45) is 0 Å². The maximum Gasteiger partial charge on any atom is 0.233 e. The summed E-state index contributed by atoms with van der Waals surface area (Å²) in [5, 5.41) is 8.55. The Hall–Kier alpha value is -2.38. The number of nitrogens with one attached hydrogen (secondary N) is 1. The second kappa shape index (κ2) is 6.02. The smallest absolute Gasteiger partial charge is 0.233 e. The van der Waals surface area contributed by atoms with Gasteiger partial charge in [-0.25, -0.2) is 15.0 Å². The molecule has 3 aromatic heterocycles. The summed E-state index contributed by atoms with van der Waals surface area (Å²) in [6.07, 6.45) is 5.62. The average molecular weight is 343 g/mol. The summed E-state index contributed by atoms with van der Waals surface area (Å²) in [6, 6.07) is 9.35. The molecule has 0 fully saturated rings. The molecular weight excluding hydrogens is 332 g/mol. The van der Waals surface area contributed by atoms with Gasteiger partial charge in [-0.2, -0.15) is 0 Å². The maximum atomic E-state index is 5.89. The largest absolute Gasteiger partial charge is 0.291 e. The number of benzene rings is 1. The zero-order valence-electron chi connectivity index (χ0n) is 11.8. The first-order valence-corrected chi connectivity index (χ1v) is 8.24. The molecule has 1 N–H and O–H groups in total. The molecule has 0 aliphatic carbocycles. The van der Waals surface area contributed by atoms with Crippen molar-refractivity contribution < 1.29 is 0 Å². The van der Waals surface area contributed by atoms with E-state index in [1.807, 2.05) is 47.1 Å². The van der Waals surface area contributed by atoms with E-state index in [9.17, 15) is 0 Å². The van der Waals surface area contributed by atoms with Gasteiger partial charge in [0.05, 0.1) is 5.69 Å². The summed E-state index contributed by atoms with van der Waals surface area (Å²) in [4.78, 5) is 13.1. The quantitative estimate of drug-likeness (QED) is 0.575. The van der Waals surface area contributed by atoms with Crippen LogP contribution in [0.15, 0.2) is 54.1 Å². The van der Waals surface area contributed by atoms with Crippen molar-refractivity contribution in [1.82, 2.24) is 29.5 Å². The van der Waals surface area contributed by atoms with Gasteiger partial charge in [0.1, 0.15) is 0 Å². The van der Waals surface area contributed by atoms with Gasteiger partial charge < -0.3 is 0 Å². The number of aromatic amines is 1. The van der Waals surface area contributed by atoms with Crippen LogP contribution in [0.3, 0.4) is 0 Å². The van der Waals surface area contributed by atoms with E-state index >= 15 is 0 Å². The van der Waals surface area contributed by atoms with Crippen molar-refractivity contribution in [3.05, 3.63) is 59.6 Å². The van der Waals surface area contributed by atoms with Gasteiger partial charge in [0, 0.05) is 34.9 Å². The Bertz CT molecular complexity index is 913. The molecule has 0 amide bonds. The highest BCUT2D eigenvalue weighted by atomic mass is 35.5. The summed E-state index contributed by atoms with van der Waals surface area (Å²) in [7, 11) is 0. The number of hydrogen-bond acceptors (Lipinski definition) is 5. The summed E-state index contributed by atoms with van der Waals surface area (Å²) < 4.78 is 1.90. The van der Waals surface area contributed by atoms with Crippen LogP contribution in [0.5, 0.6) is 0 Å². The van der Waals surface area contributed by atoms with Crippen molar-refractivity contribution in [3.63, 3.8) is 0 Å². The molecule has 8 heteroatoms. The highest BCUT2D eigenvalue weighted by Gasteiger charge is 2.08. The van der Waals surface area contributed by atoms with Crippen LogP contribution in [0.4, 0.5) is 0 Å². The number of hydrogen-bond donors (Lipinski definition) is 1. The number of thioether (sulfide) groups is 1. The predicted octanol–water partition coefficient (Wildman–Crippen LogP) is 3.46. The van der Waals surface area contributed by atoms with Gasteiger partial charge in [-0.15, -0.1) is 5.10 Å². The van der Waals surface area contributed by atoms with Crippen LogP contribution in [0.25, 0.3) is 17.2 Å². The van der Waals surface area contributed by atoms with Crippen LogP contribution < -0.4 is 0 Å². The lowest BCUT2D eigenvalue weighted by Crippen LogP contribution is -1.83. The third kappa shape index (κ3) is 3.06. The highest BCUT2D eigenvalue weighted by Crippen LogP contribution is 2.23. The first-order valence-electron chi connectivity index (χ1n) is 6.88. The Morgan fingerprint density at radius 1 is 1.17 bits per heavy atom. The molecule has 3 heterocycles. The van der Waals surface area contributed by atoms with E-state index in [2.05, 4.69) is 25.1 Å². The van der Waals surface area contributed by atoms with E-state index in [1.54, 1.807) is 6.20 Å². The van der Waals surface area contributed by atoms with Crippen LogP contribution in [-0.4, -0.2) is 29.5 Å². The fraction of sp³-hybridized carbons (Fsp3) is 0.0667. The van der Waals surface area contributed by atoms with Gasteiger partial charge in [-0.1, -0.05) is 23.4 Å². The molecule has 0 saturated carbocycles. The first kappa shape index (κ1) is 14.2. The topological polar surface area (TPSA) is 71.8 Å². The fourth-order valence-electron chi connectivity index (χ4n) is 2.14. The number of aromatic nitrogens is 6. The molecule has 1 aromatic carbocycles. The van der Waals surface area contributed by atoms with Gasteiger partial charge in [0.15, 0.2) is 5.82 Å². The van der Waals surface area contributed by atoms with E-state index in [4.69, 9.17) is 11.6 Å². The van der Waals surface area contributed by atoms with Gasteiger partial charge in [0.2, 0.25) is 10.9 Å². The summed E-state index contributed by atoms with van der Waals surface area (Å²) >= 11 is 7.42. The van der Waals surface area contributed by atoms with Crippen molar-refractivity contribution in [1.29, 1.82) is 0 Å². The Kier molecular flexibility index (Phi) is 3.72. The number of fused-ring (bicyclic) bond motifs is 1. The van der Waals surface area contributed by atoms with Crippen molar-refractivity contribution in [3.8, 4) is 11.4 Å². The van der Waals surface area contributed by atoms with Crippen LogP contribution in [0.2, 0.25) is 5.02 Å². The van der Waals surface area contributed by atoms with E-state index in [-0.39, 0.29) is 0 Å². The molecule has 0 saturated heterocycles. The second-order valence-corrected chi connectivity index (χ2v) is 6.20. The zero-order chi connectivity index (χ0) is 15.6. The van der Waals surface area contributed by atoms with Crippen molar-refractivity contribution >= 4 is 29.1 Å². The molecule has 0 spiro atoms. The van der Waals surface area contributed by atoms with Gasteiger partial charge in [0.25, 0.3) is 0 Å². The molecule has 0 aliphatic rings. The minimum absolute atomic E-state index is 0.681. The second-order valence-electron chi connectivity index (χ2n) is 4.82. The van der Waals surface area contributed by atoms with Crippen molar-refractivity contribution in [2.75, 3.05) is 0 Å². The molecule has 0 atom stereocenters. The van der Waals surface area contributed by atoms with Crippen molar-refractivity contribution in [2.45, 2.75) is 10.9 Å². The molecule has 4 rings (SSSR count). The summed E-state index contributed by atoms with van der Waals surface area (Å²) in [5.41, 5.74) is 1.89. The van der Waals surface area contributed by atoms with Crippen LogP contribution in [0, 0.1) is 0 Å². The molecule has 0 unspecified atom stereocenters. The number of H-pyrrole nitrogens is 1. The molecule has 23 heavy (non-hydrogen) atoms. The van der Waals surface area contributed by atoms with Crippen LogP contribution in [0.1, 0.15) is 5.69 Å².